The number of ether oxygens (including phenoxy) is 2. The number of imide groups is 1. The molecule has 35 heavy (non-hydrogen) atoms. The molecule has 0 saturated heterocycles. The third-order valence-corrected chi connectivity index (χ3v) is 7.23. The van der Waals surface area contributed by atoms with Crippen molar-refractivity contribution in [1.29, 1.82) is 0 Å². The van der Waals surface area contributed by atoms with Crippen molar-refractivity contribution < 1.29 is 33.4 Å². The number of hydrogen-bond acceptors (Lipinski definition) is 9. The second kappa shape index (κ2) is 11.5. The molecule has 1 atom stereocenters. The van der Waals surface area contributed by atoms with Gasteiger partial charge in [-0.1, -0.05) is 12.1 Å². The highest BCUT2D eigenvalue weighted by Gasteiger charge is 2.43. The summed E-state index contributed by atoms with van der Waals surface area (Å²) in [4.78, 5) is 65.2. The molecule has 0 radical (unpaired) electrons. The van der Waals surface area contributed by atoms with Gasteiger partial charge in [0.25, 0.3) is 17.7 Å². The molecule has 0 bridgehead atoms. The lowest BCUT2D eigenvalue weighted by molar-refractivity contribution is -0.151. The summed E-state index contributed by atoms with van der Waals surface area (Å²) < 4.78 is 10.3. The third-order valence-electron chi connectivity index (χ3n) is 5.47. The number of thioether (sulfide) groups is 1. The van der Waals surface area contributed by atoms with E-state index in [1.54, 1.807) is 26.0 Å². The van der Waals surface area contributed by atoms with Crippen LogP contribution in [0.25, 0.3) is 0 Å². The minimum absolute atomic E-state index is 0.184. The Morgan fingerprint density at radius 2 is 1.71 bits per heavy atom. The smallest absolute Gasteiger partial charge is 0.341 e. The number of nitrogens with one attached hydrogen (secondary N) is 1. The minimum Gasteiger partial charge on any atom is -0.462 e. The van der Waals surface area contributed by atoms with Crippen LogP contribution in [0.5, 0.6) is 0 Å². The lowest BCUT2D eigenvalue weighted by Crippen LogP contribution is -2.46. The van der Waals surface area contributed by atoms with E-state index in [0.29, 0.717) is 16.3 Å². The number of nitrogens with zero attached hydrogens (tertiary/aromatic N) is 1. The summed E-state index contributed by atoms with van der Waals surface area (Å²) in [5, 5.41) is 2.90. The third kappa shape index (κ3) is 5.57. The Hall–Kier alpha value is -3.18. The molecule has 0 aliphatic carbocycles. The van der Waals surface area contributed by atoms with Crippen molar-refractivity contribution in [3.8, 4) is 0 Å². The van der Waals surface area contributed by atoms with Crippen LogP contribution in [-0.4, -0.2) is 65.8 Å². The molecule has 0 saturated carbocycles. The maximum absolute atomic E-state index is 12.9. The van der Waals surface area contributed by atoms with Gasteiger partial charge < -0.3 is 14.8 Å². The molecule has 2 aromatic rings. The van der Waals surface area contributed by atoms with E-state index in [1.807, 2.05) is 13.2 Å². The first kappa shape index (κ1) is 26.4. The molecule has 3 amide bonds. The standard InChI is InChI=1S/C24H26N2O7S2/c1-5-32-24(31)19-13(2)14(3)35-20(19)25-18(27)12-33-23(30)17(10-11-34-4)26-21(28)15-8-6-7-9-16(15)22(26)29/h6-9,17H,5,10-12H2,1-4H3,(H,25,27)/t17-/m0/s1. The van der Waals surface area contributed by atoms with Crippen molar-refractivity contribution in [2.75, 3.05) is 30.5 Å². The van der Waals surface area contributed by atoms with Gasteiger partial charge in [0.2, 0.25) is 0 Å². The van der Waals surface area contributed by atoms with Gasteiger partial charge in [-0.05, 0) is 56.9 Å². The number of amides is 3. The summed E-state index contributed by atoms with van der Waals surface area (Å²) in [6.45, 7) is 4.80. The van der Waals surface area contributed by atoms with E-state index in [4.69, 9.17) is 9.47 Å². The molecule has 186 valence electrons. The SMILES string of the molecule is CCOC(=O)c1c(NC(=O)COC(=O)[C@H](CCSC)N2C(=O)c3ccccc3C2=O)sc(C)c1C. The lowest BCUT2D eigenvalue weighted by Gasteiger charge is -2.24. The maximum Gasteiger partial charge on any atom is 0.341 e. The predicted octanol–water partition coefficient (Wildman–Crippen LogP) is 3.44. The Kier molecular flexibility index (Phi) is 8.68. The molecule has 1 aromatic carbocycles. The maximum atomic E-state index is 12.9. The number of benzene rings is 1. The monoisotopic (exact) mass is 518 g/mol. The molecule has 0 unspecified atom stereocenters. The van der Waals surface area contributed by atoms with Crippen molar-refractivity contribution >= 4 is 57.8 Å². The molecule has 0 spiro atoms. The first-order valence-corrected chi connectivity index (χ1v) is 13.1. The lowest BCUT2D eigenvalue weighted by atomic mass is 10.1. The second-order valence-electron chi connectivity index (χ2n) is 7.69. The van der Waals surface area contributed by atoms with Crippen LogP contribution < -0.4 is 5.32 Å². The fourth-order valence-electron chi connectivity index (χ4n) is 3.63. The zero-order valence-corrected chi connectivity index (χ0v) is 21.5. The molecule has 1 aliphatic heterocycles. The van der Waals surface area contributed by atoms with Gasteiger partial charge in [-0.3, -0.25) is 19.3 Å². The molecule has 1 N–H and O–H groups in total. The number of hydrogen-bond donors (Lipinski definition) is 1. The zero-order chi connectivity index (χ0) is 25.7. The highest BCUT2D eigenvalue weighted by molar-refractivity contribution is 7.98. The van der Waals surface area contributed by atoms with Gasteiger partial charge in [0.1, 0.15) is 11.0 Å². The Bertz CT molecular complexity index is 1140. The largest absolute Gasteiger partial charge is 0.462 e. The fourth-order valence-corrected chi connectivity index (χ4v) is 5.16. The number of carbonyl (C=O) groups is 5. The van der Waals surface area contributed by atoms with Gasteiger partial charge in [0.15, 0.2) is 6.61 Å². The van der Waals surface area contributed by atoms with Crippen molar-refractivity contribution in [2.45, 2.75) is 33.2 Å². The Labute approximate surface area is 211 Å². The number of carbonyl (C=O) groups excluding carboxylic acids is 5. The second-order valence-corrected chi connectivity index (χ2v) is 9.90. The zero-order valence-electron chi connectivity index (χ0n) is 19.8. The molecule has 2 heterocycles. The minimum atomic E-state index is -1.16. The number of thiophene rings is 1. The van der Waals surface area contributed by atoms with Gasteiger partial charge in [-0.25, -0.2) is 9.59 Å². The van der Waals surface area contributed by atoms with Crippen molar-refractivity contribution in [3.05, 3.63) is 51.4 Å². The first-order valence-electron chi connectivity index (χ1n) is 10.9. The molecule has 1 aliphatic rings. The van der Waals surface area contributed by atoms with Gasteiger partial charge in [0.05, 0.1) is 23.3 Å². The number of anilines is 1. The van der Waals surface area contributed by atoms with Gasteiger partial charge in [-0.2, -0.15) is 11.8 Å². The summed E-state index contributed by atoms with van der Waals surface area (Å²) in [5.41, 5.74) is 1.42. The van der Waals surface area contributed by atoms with Crippen LogP contribution in [0.4, 0.5) is 5.00 Å². The number of aryl methyl sites for hydroxylation is 1. The summed E-state index contributed by atoms with van der Waals surface area (Å²) in [6, 6.07) is 5.19. The van der Waals surface area contributed by atoms with Crippen LogP contribution in [0.1, 0.15) is 54.9 Å². The number of rotatable bonds is 10. The molecule has 9 nitrogen and oxygen atoms in total. The van der Waals surface area contributed by atoms with Gasteiger partial charge in [-0.15, -0.1) is 11.3 Å². The Morgan fingerprint density at radius 1 is 1.09 bits per heavy atom. The fraction of sp³-hybridized carbons (Fsp3) is 0.375. The predicted molar refractivity (Wildman–Crippen MR) is 133 cm³/mol. The van der Waals surface area contributed by atoms with E-state index in [-0.39, 0.29) is 29.7 Å². The van der Waals surface area contributed by atoms with Crippen LogP contribution in [0.15, 0.2) is 24.3 Å². The summed E-state index contributed by atoms with van der Waals surface area (Å²) in [5.74, 6) is -2.70. The topological polar surface area (TPSA) is 119 Å². The van der Waals surface area contributed by atoms with Gasteiger partial charge in [0, 0.05) is 4.88 Å². The average Bonchev–Trinajstić information content (AvgIpc) is 3.25. The van der Waals surface area contributed by atoms with Crippen LogP contribution in [0.3, 0.4) is 0 Å². The van der Waals surface area contributed by atoms with Crippen molar-refractivity contribution in [3.63, 3.8) is 0 Å². The van der Waals surface area contributed by atoms with E-state index in [9.17, 15) is 24.0 Å². The Balaban J connectivity index is 1.71. The quantitative estimate of drug-likeness (QED) is 0.375. The highest BCUT2D eigenvalue weighted by Crippen LogP contribution is 2.33. The summed E-state index contributed by atoms with van der Waals surface area (Å²) in [7, 11) is 0. The van der Waals surface area contributed by atoms with E-state index < -0.39 is 42.3 Å². The van der Waals surface area contributed by atoms with Crippen molar-refractivity contribution in [1.82, 2.24) is 4.90 Å². The van der Waals surface area contributed by atoms with Crippen molar-refractivity contribution in [2.24, 2.45) is 0 Å². The average molecular weight is 519 g/mol. The van der Waals surface area contributed by atoms with Crippen LogP contribution in [-0.2, 0) is 19.1 Å². The number of fused-ring (bicyclic) bond motifs is 1. The van der Waals surface area contributed by atoms with E-state index in [0.717, 1.165) is 9.78 Å². The van der Waals surface area contributed by atoms with E-state index >= 15 is 0 Å². The van der Waals surface area contributed by atoms with Gasteiger partial charge >= 0.3 is 11.9 Å². The van der Waals surface area contributed by atoms with E-state index in [2.05, 4.69) is 5.32 Å². The molecule has 11 heteroatoms. The molecule has 1 aromatic heterocycles. The Morgan fingerprint density at radius 3 is 2.29 bits per heavy atom. The molecular weight excluding hydrogens is 492 g/mol. The highest BCUT2D eigenvalue weighted by atomic mass is 32.2. The normalized spacial score (nSPS) is 13.4. The molecule has 0 fully saturated rings. The number of esters is 2. The van der Waals surface area contributed by atoms with Crippen LogP contribution in [0.2, 0.25) is 0 Å². The molecular formula is C24H26N2O7S2. The van der Waals surface area contributed by atoms with Crippen LogP contribution in [0, 0.1) is 13.8 Å². The van der Waals surface area contributed by atoms with E-state index in [1.165, 1.54) is 35.2 Å². The first-order chi connectivity index (χ1) is 16.7. The molecule has 3 rings (SSSR count). The van der Waals surface area contributed by atoms with Crippen LogP contribution >= 0.6 is 23.1 Å². The summed E-state index contributed by atoms with van der Waals surface area (Å²) >= 11 is 2.67. The summed E-state index contributed by atoms with van der Waals surface area (Å²) in [6.07, 6.45) is 2.02.